The lowest BCUT2D eigenvalue weighted by Gasteiger charge is -2.24. The molecule has 0 radical (unpaired) electrons. The van der Waals surface area contributed by atoms with E-state index in [1.807, 2.05) is 0 Å². The van der Waals surface area contributed by atoms with Crippen molar-refractivity contribution < 1.29 is 24.5 Å². The topological polar surface area (TPSA) is 95.9 Å². The molecule has 6 nitrogen and oxygen atoms in total. The van der Waals surface area contributed by atoms with Gasteiger partial charge in [0.05, 0.1) is 25.2 Å². The molecule has 0 aliphatic rings. The molecular formula is C57H113NO5. The lowest BCUT2D eigenvalue weighted by atomic mass is 10.0. The quantitative estimate of drug-likeness (QED) is 0.0418. The molecule has 0 aliphatic heterocycles. The molecule has 6 heteroatoms. The second-order valence-corrected chi connectivity index (χ2v) is 20.1. The van der Waals surface area contributed by atoms with Crippen molar-refractivity contribution in [2.75, 3.05) is 6.61 Å². The van der Waals surface area contributed by atoms with Crippen LogP contribution in [-0.2, 0) is 14.3 Å². The first kappa shape index (κ1) is 61.9. The number of aliphatic hydroxyl groups excluding tert-OH is 2. The first-order chi connectivity index (χ1) is 31.0. The Bertz CT molecular complexity index is 913. The third-order valence-electron chi connectivity index (χ3n) is 13.7. The van der Waals surface area contributed by atoms with Gasteiger partial charge in [0.1, 0.15) is 6.10 Å². The summed E-state index contributed by atoms with van der Waals surface area (Å²) in [4.78, 5) is 26.2. The van der Waals surface area contributed by atoms with Crippen LogP contribution in [0.5, 0.6) is 0 Å². The highest BCUT2D eigenvalue weighted by atomic mass is 16.5. The van der Waals surface area contributed by atoms with E-state index in [0.29, 0.717) is 19.3 Å². The van der Waals surface area contributed by atoms with Gasteiger partial charge in [-0.05, 0) is 25.7 Å². The number of nitrogens with one attached hydrogen (secondary N) is 1. The zero-order valence-electron chi connectivity index (χ0n) is 43.0. The smallest absolute Gasteiger partial charge is 0.306 e. The summed E-state index contributed by atoms with van der Waals surface area (Å²) in [6.07, 6.45) is 57.4. The number of carbonyl (C=O) groups excluding carboxylic acids is 2. The van der Waals surface area contributed by atoms with E-state index in [9.17, 15) is 19.8 Å². The molecule has 3 unspecified atom stereocenters. The third kappa shape index (κ3) is 47.2. The number of esters is 1. The normalized spacial score (nSPS) is 13.0. The molecule has 376 valence electrons. The maximum atomic E-state index is 13.2. The average Bonchev–Trinajstić information content (AvgIpc) is 3.28. The Morgan fingerprint density at radius 3 is 0.968 bits per heavy atom. The van der Waals surface area contributed by atoms with E-state index in [2.05, 4.69) is 26.1 Å². The molecule has 3 N–H and O–H groups in total. The number of aliphatic hydroxyl groups is 2. The minimum atomic E-state index is -0.780. The maximum Gasteiger partial charge on any atom is 0.306 e. The Kier molecular flexibility index (Phi) is 50.9. The van der Waals surface area contributed by atoms with Gasteiger partial charge in [-0.15, -0.1) is 0 Å². The van der Waals surface area contributed by atoms with Gasteiger partial charge >= 0.3 is 5.97 Å². The summed E-state index contributed by atoms with van der Waals surface area (Å²) < 4.78 is 5.95. The van der Waals surface area contributed by atoms with Crippen LogP contribution in [0.25, 0.3) is 0 Å². The molecule has 3 atom stereocenters. The third-order valence-corrected chi connectivity index (χ3v) is 13.7. The van der Waals surface area contributed by atoms with Crippen LogP contribution in [0.1, 0.15) is 329 Å². The molecule has 1 amide bonds. The Morgan fingerprint density at radius 2 is 0.667 bits per heavy atom. The Labute approximate surface area is 394 Å². The van der Waals surface area contributed by atoms with E-state index in [4.69, 9.17) is 4.74 Å². The largest absolute Gasteiger partial charge is 0.462 e. The second-order valence-electron chi connectivity index (χ2n) is 20.1. The summed E-state index contributed by atoms with van der Waals surface area (Å²) in [6.45, 7) is 6.53. The number of hydrogen-bond acceptors (Lipinski definition) is 5. The number of carbonyl (C=O) groups is 2. The van der Waals surface area contributed by atoms with Gasteiger partial charge in [-0.25, -0.2) is 0 Å². The van der Waals surface area contributed by atoms with Crippen molar-refractivity contribution in [2.45, 2.75) is 347 Å². The number of ether oxygens (including phenoxy) is 1. The highest BCUT2D eigenvalue weighted by molar-refractivity contribution is 5.77. The number of rotatable bonds is 53. The van der Waals surface area contributed by atoms with Gasteiger partial charge in [0, 0.05) is 6.42 Å². The highest BCUT2D eigenvalue weighted by Crippen LogP contribution is 2.19. The highest BCUT2D eigenvalue weighted by Gasteiger charge is 2.24. The molecule has 0 aromatic heterocycles. The molecule has 0 aliphatic carbocycles. The minimum Gasteiger partial charge on any atom is -0.462 e. The molecule has 63 heavy (non-hydrogen) atoms. The van der Waals surface area contributed by atoms with Crippen molar-refractivity contribution in [2.24, 2.45) is 0 Å². The predicted molar refractivity (Wildman–Crippen MR) is 274 cm³/mol. The van der Waals surface area contributed by atoms with Crippen molar-refractivity contribution in [3.8, 4) is 0 Å². The van der Waals surface area contributed by atoms with E-state index in [-0.39, 0.29) is 24.9 Å². The fourth-order valence-electron chi connectivity index (χ4n) is 9.32. The molecule has 0 spiro atoms. The summed E-state index contributed by atoms with van der Waals surface area (Å²) >= 11 is 0. The van der Waals surface area contributed by atoms with Crippen LogP contribution < -0.4 is 5.32 Å². The van der Waals surface area contributed by atoms with Crippen molar-refractivity contribution >= 4 is 11.9 Å². The summed E-state index contributed by atoms with van der Waals surface area (Å²) in [5.74, 6) is -0.448. The van der Waals surface area contributed by atoms with Gasteiger partial charge in [-0.2, -0.15) is 0 Å². The van der Waals surface area contributed by atoms with E-state index in [0.717, 1.165) is 38.5 Å². The van der Waals surface area contributed by atoms with Crippen LogP contribution in [-0.4, -0.2) is 46.9 Å². The lowest BCUT2D eigenvalue weighted by molar-refractivity contribution is -0.151. The predicted octanol–water partition coefficient (Wildman–Crippen LogP) is 17.5. The Hall–Kier alpha value is -1.14. The molecule has 0 saturated heterocycles. The van der Waals surface area contributed by atoms with Gasteiger partial charge in [-0.1, -0.05) is 290 Å². The van der Waals surface area contributed by atoms with Gasteiger partial charge < -0.3 is 20.3 Å². The molecule has 0 rings (SSSR count). The molecule has 0 saturated carbocycles. The van der Waals surface area contributed by atoms with E-state index >= 15 is 0 Å². The van der Waals surface area contributed by atoms with Gasteiger partial charge in [-0.3, -0.25) is 9.59 Å². The first-order valence-electron chi connectivity index (χ1n) is 28.8. The van der Waals surface area contributed by atoms with Crippen LogP contribution in [0.15, 0.2) is 0 Å². The Morgan fingerprint density at radius 1 is 0.397 bits per heavy atom. The zero-order valence-corrected chi connectivity index (χ0v) is 43.0. The monoisotopic (exact) mass is 892 g/mol. The minimum absolute atomic E-state index is 0.0879. The van der Waals surface area contributed by atoms with Gasteiger partial charge in [0.15, 0.2) is 0 Å². The second kappa shape index (κ2) is 51.8. The van der Waals surface area contributed by atoms with Crippen LogP contribution >= 0.6 is 0 Å². The first-order valence-corrected chi connectivity index (χ1v) is 28.8. The SMILES string of the molecule is CCCCCCCCCCCCCCCCCCCC(=O)OC(CCCCCCCCCCCC)CC(=O)NC(CO)C(O)CCCCCCCCCCCCCCCCCCC. The molecule has 0 aromatic rings. The van der Waals surface area contributed by atoms with Crippen LogP contribution in [0.2, 0.25) is 0 Å². The van der Waals surface area contributed by atoms with E-state index in [1.54, 1.807) is 0 Å². The lowest BCUT2D eigenvalue weighted by Crippen LogP contribution is -2.46. The number of amides is 1. The molecular weight excluding hydrogens is 779 g/mol. The number of hydrogen-bond donors (Lipinski definition) is 3. The Balaban J connectivity index is 4.36. The van der Waals surface area contributed by atoms with E-state index in [1.165, 1.54) is 244 Å². The van der Waals surface area contributed by atoms with Gasteiger partial charge in [0.2, 0.25) is 5.91 Å². The number of unbranched alkanes of at least 4 members (excludes halogenated alkanes) is 41. The van der Waals surface area contributed by atoms with Crippen molar-refractivity contribution in [3.05, 3.63) is 0 Å². The van der Waals surface area contributed by atoms with Crippen LogP contribution in [0, 0.1) is 0 Å². The van der Waals surface area contributed by atoms with Crippen molar-refractivity contribution in [3.63, 3.8) is 0 Å². The van der Waals surface area contributed by atoms with Gasteiger partial charge in [0.25, 0.3) is 0 Å². The molecule has 0 fully saturated rings. The fourth-order valence-corrected chi connectivity index (χ4v) is 9.32. The zero-order chi connectivity index (χ0) is 45.9. The van der Waals surface area contributed by atoms with Crippen LogP contribution in [0.4, 0.5) is 0 Å². The summed E-state index contributed by atoms with van der Waals surface area (Å²) in [5.41, 5.74) is 0. The van der Waals surface area contributed by atoms with E-state index < -0.39 is 18.2 Å². The summed E-state index contributed by atoms with van der Waals surface area (Å²) in [5, 5.41) is 23.9. The molecule has 0 bridgehead atoms. The molecule has 0 aromatic carbocycles. The maximum absolute atomic E-state index is 13.2. The summed E-state index contributed by atoms with van der Waals surface area (Å²) in [6, 6.07) is -0.692. The summed E-state index contributed by atoms with van der Waals surface area (Å²) in [7, 11) is 0. The standard InChI is InChI=1S/C57H113NO5/c1-4-7-10-13-16-19-22-24-26-28-30-32-34-37-40-43-46-49-55(60)54(52-59)58-56(61)51-53(48-45-42-39-36-21-18-15-12-9-6-3)63-57(62)50-47-44-41-38-35-33-31-29-27-25-23-20-17-14-11-8-5-2/h53-55,59-60H,4-52H2,1-3H3,(H,58,61). The fraction of sp³-hybridized carbons (Fsp3) is 0.965. The average molecular weight is 893 g/mol. The molecule has 0 heterocycles. The van der Waals surface area contributed by atoms with Crippen molar-refractivity contribution in [1.82, 2.24) is 5.32 Å². The van der Waals surface area contributed by atoms with Crippen molar-refractivity contribution in [1.29, 1.82) is 0 Å². The van der Waals surface area contributed by atoms with Crippen LogP contribution in [0.3, 0.4) is 0 Å².